The summed E-state index contributed by atoms with van der Waals surface area (Å²) in [6.45, 7) is 4.13. The minimum Gasteiger partial charge on any atom is -0.497 e. The average Bonchev–Trinajstić information content (AvgIpc) is 2.43. The van der Waals surface area contributed by atoms with Gasteiger partial charge in [-0.05, 0) is 36.7 Å². The summed E-state index contributed by atoms with van der Waals surface area (Å²) in [6.07, 6.45) is 7.98. The van der Waals surface area contributed by atoms with Crippen molar-refractivity contribution in [3.63, 3.8) is 0 Å². The van der Waals surface area contributed by atoms with Crippen molar-refractivity contribution in [1.82, 2.24) is 5.32 Å². The molecular formula is C16H28N2O. The van der Waals surface area contributed by atoms with Crippen LogP contribution in [0.3, 0.4) is 0 Å². The van der Waals surface area contributed by atoms with Crippen LogP contribution in [-0.2, 0) is 6.54 Å². The number of nitrogen functional groups attached to an aromatic ring is 1. The number of hydrogen-bond donors (Lipinski definition) is 2. The molecule has 108 valence electrons. The Morgan fingerprint density at radius 3 is 2.58 bits per heavy atom. The summed E-state index contributed by atoms with van der Waals surface area (Å²) in [5.74, 6) is 0.866. The number of benzene rings is 1. The standard InChI is InChI=1S/C16H28N2O/c1-3-4-5-6-7-8-11-18-13-14-12-15(19-2)9-10-16(14)17/h9-10,12,18H,3-8,11,13,17H2,1-2H3. The van der Waals surface area contributed by atoms with Gasteiger partial charge >= 0.3 is 0 Å². The Morgan fingerprint density at radius 2 is 1.84 bits per heavy atom. The van der Waals surface area contributed by atoms with E-state index in [2.05, 4.69) is 12.2 Å². The number of rotatable bonds is 10. The molecule has 0 saturated carbocycles. The van der Waals surface area contributed by atoms with Gasteiger partial charge in [0.2, 0.25) is 0 Å². The monoisotopic (exact) mass is 264 g/mol. The molecule has 1 rings (SSSR count). The van der Waals surface area contributed by atoms with Crippen LogP contribution in [0.5, 0.6) is 5.75 Å². The predicted octanol–water partition coefficient (Wildman–Crippen LogP) is 3.73. The Labute approximate surface area is 117 Å². The van der Waals surface area contributed by atoms with Gasteiger partial charge in [0.25, 0.3) is 0 Å². The van der Waals surface area contributed by atoms with Crippen molar-refractivity contribution in [2.24, 2.45) is 0 Å². The van der Waals surface area contributed by atoms with E-state index in [4.69, 9.17) is 10.5 Å². The number of unbranched alkanes of at least 4 members (excludes halogenated alkanes) is 5. The normalized spacial score (nSPS) is 10.6. The van der Waals surface area contributed by atoms with Crippen molar-refractivity contribution in [3.05, 3.63) is 23.8 Å². The summed E-state index contributed by atoms with van der Waals surface area (Å²) in [4.78, 5) is 0. The van der Waals surface area contributed by atoms with Gasteiger partial charge in [0.1, 0.15) is 5.75 Å². The third-order valence-electron chi connectivity index (χ3n) is 3.37. The number of nitrogens with one attached hydrogen (secondary N) is 1. The maximum atomic E-state index is 5.94. The molecule has 1 aromatic carbocycles. The first-order valence-electron chi connectivity index (χ1n) is 7.41. The zero-order chi connectivity index (χ0) is 13.9. The van der Waals surface area contributed by atoms with Crippen LogP contribution in [0, 0.1) is 0 Å². The molecule has 0 bridgehead atoms. The molecule has 1 aromatic rings. The summed E-state index contributed by atoms with van der Waals surface area (Å²) in [6, 6.07) is 5.80. The molecule has 19 heavy (non-hydrogen) atoms. The predicted molar refractivity (Wildman–Crippen MR) is 82.5 cm³/mol. The Kier molecular flexibility index (Phi) is 8.07. The third-order valence-corrected chi connectivity index (χ3v) is 3.37. The molecular weight excluding hydrogens is 236 g/mol. The minimum absolute atomic E-state index is 0.817. The fourth-order valence-corrected chi connectivity index (χ4v) is 2.12. The van der Waals surface area contributed by atoms with Gasteiger partial charge in [-0.2, -0.15) is 0 Å². The van der Waals surface area contributed by atoms with Crippen molar-refractivity contribution < 1.29 is 4.74 Å². The molecule has 0 heterocycles. The van der Waals surface area contributed by atoms with E-state index >= 15 is 0 Å². The van der Waals surface area contributed by atoms with Crippen molar-refractivity contribution in [2.75, 3.05) is 19.4 Å². The summed E-state index contributed by atoms with van der Waals surface area (Å²) in [5, 5.41) is 3.45. The molecule has 0 amide bonds. The van der Waals surface area contributed by atoms with Crippen LogP contribution in [-0.4, -0.2) is 13.7 Å². The van der Waals surface area contributed by atoms with Crippen LogP contribution in [0.4, 0.5) is 5.69 Å². The van der Waals surface area contributed by atoms with E-state index in [-0.39, 0.29) is 0 Å². The highest BCUT2D eigenvalue weighted by Crippen LogP contribution is 2.19. The lowest BCUT2D eigenvalue weighted by Gasteiger charge is -2.09. The highest BCUT2D eigenvalue weighted by atomic mass is 16.5. The maximum Gasteiger partial charge on any atom is 0.119 e. The quantitative estimate of drug-likeness (QED) is 0.500. The first-order chi connectivity index (χ1) is 9.27. The Morgan fingerprint density at radius 1 is 1.11 bits per heavy atom. The van der Waals surface area contributed by atoms with E-state index in [1.165, 1.54) is 38.5 Å². The number of nitrogens with two attached hydrogens (primary N) is 1. The van der Waals surface area contributed by atoms with E-state index in [0.717, 1.165) is 30.1 Å². The van der Waals surface area contributed by atoms with Crippen LogP contribution in [0.25, 0.3) is 0 Å². The van der Waals surface area contributed by atoms with Gasteiger partial charge in [0.05, 0.1) is 7.11 Å². The van der Waals surface area contributed by atoms with Crippen molar-refractivity contribution in [2.45, 2.75) is 52.0 Å². The van der Waals surface area contributed by atoms with Crippen LogP contribution in [0.2, 0.25) is 0 Å². The Bertz CT molecular complexity index is 353. The van der Waals surface area contributed by atoms with Gasteiger partial charge in [-0.1, -0.05) is 39.0 Å². The van der Waals surface area contributed by atoms with E-state index in [0.29, 0.717) is 0 Å². The van der Waals surface area contributed by atoms with Crippen LogP contribution in [0.15, 0.2) is 18.2 Å². The molecule has 0 unspecified atom stereocenters. The minimum atomic E-state index is 0.817. The zero-order valence-electron chi connectivity index (χ0n) is 12.4. The van der Waals surface area contributed by atoms with Gasteiger partial charge in [-0.25, -0.2) is 0 Å². The van der Waals surface area contributed by atoms with Crippen molar-refractivity contribution in [3.8, 4) is 5.75 Å². The molecule has 0 aliphatic carbocycles. The lowest BCUT2D eigenvalue weighted by atomic mass is 10.1. The third kappa shape index (κ3) is 6.48. The first-order valence-corrected chi connectivity index (χ1v) is 7.41. The SMILES string of the molecule is CCCCCCCCNCc1cc(OC)ccc1N. The highest BCUT2D eigenvalue weighted by Gasteiger charge is 2.01. The van der Waals surface area contributed by atoms with Gasteiger partial charge in [-0.15, -0.1) is 0 Å². The molecule has 0 aromatic heterocycles. The first kappa shape index (κ1) is 15.8. The van der Waals surface area contributed by atoms with Gasteiger partial charge in [0.15, 0.2) is 0 Å². The molecule has 0 aliphatic rings. The number of hydrogen-bond acceptors (Lipinski definition) is 3. The largest absolute Gasteiger partial charge is 0.497 e. The van der Waals surface area contributed by atoms with Gasteiger partial charge in [0, 0.05) is 12.2 Å². The summed E-state index contributed by atoms with van der Waals surface area (Å²) < 4.78 is 5.21. The summed E-state index contributed by atoms with van der Waals surface area (Å²) >= 11 is 0. The second kappa shape index (κ2) is 9.68. The van der Waals surface area contributed by atoms with Crippen LogP contribution < -0.4 is 15.8 Å². The fraction of sp³-hybridized carbons (Fsp3) is 0.625. The molecule has 0 saturated heterocycles. The summed E-state index contributed by atoms with van der Waals surface area (Å²) in [5.41, 5.74) is 7.89. The van der Waals surface area contributed by atoms with Crippen molar-refractivity contribution >= 4 is 5.69 Å². The number of ether oxygens (including phenoxy) is 1. The molecule has 0 aliphatic heterocycles. The summed E-state index contributed by atoms with van der Waals surface area (Å²) in [7, 11) is 1.68. The molecule has 0 radical (unpaired) electrons. The lowest BCUT2D eigenvalue weighted by molar-refractivity contribution is 0.414. The van der Waals surface area contributed by atoms with Crippen LogP contribution >= 0.6 is 0 Å². The average molecular weight is 264 g/mol. The van der Waals surface area contributed by atoms with E-state index in [1.807, 2.05) is 18.2 Å². The second-order valence-electron chi connectivity index (χ2n) is 5.01. The molecule has 3 N–H and O–H groups in total. The topological polar surface area (TPSA) is 47.3 Å². The highest BCUT2D eigenvalue weighted by molar-refractivity contribution is 5.50. The van der Waals surface area contributed by atoms with Crippen LogP contribution in [0.1, 0.15) is 51.0 Å². The second-order valence-corrected chi connectivity index (χ2v) is 5.01. The number of anilines is 1. The molecule has 0 spiro atoms. The molecule has 3 heteroatoms. The van der Waals surface area contributed by atoms with Gasteiger partial charge in [-0.3, -0.25) is 0 Å². The fourth-order valence-electron chi connectivity index (χ4n) is 2.12. The van der Waals surface area contributed by atoms with Crippen molar-refractivity contribution in [1.29, 1.82) is 0 Å². The van der Waals surface area contributed by atoms with E-state index in [9.17, 15) is 0 Å². The van der Waals surface area contributed by atoms with E-state index in [1.54, 1.807) is 7.11 Å². The molecule has 3 nitrogen and oxygen atoms in total. The van der Waals surface area contributed by atoms with Gasteiger partial charge < -0.3 is 15.8 Å². The Hall–Kier alpha value is -1.22. The van der Waals surface area contributed by atoms with E-state index < -0.39 is 0 Å². The molecule has 0 fully saturated rings. The Balaban J connectivity index is 2.15. The number of methoxy groups -OCH3 is 1. The maximum absolute atomic E-state index is 5.94. The lowest BCUT2D eigenvalue weighted by Crippen LogP contribution is -2.15. The smallest absolute Gasteiger partial charge is 0.119 e. The molecule has 0 atom stereocenters. The zero-order valence-corrected chi connectivity index (χ0v) is 12.4.